The average molecular weight is 377 g/mol. The molecule has 0 saturated carbocycles. The first-order valence-electron chi connectivity index (χ1n) is 9.26. The van der Waals surface area contributed by atoms with Crippen molar-refractivity contribution in [2.75, 3.05) is 13.1 Å². The second kappa shape index (κ2) is 6.59. The number of piperidine rings is 1. The maximum absolute atomic E-state index is 13.0. The van der Waals surface area contributed by atoms with Crippen molar-refractivity contribution in [3.8, 4) is 11.6 Å². The lowest BCUT2D eigenvalue weighted by molar-refractivity contribution is 0.0672. The van der Waals surface area contributed by atoms with E-state index >= 15 is 0 Å². The number of rotatable bonds is 3. The maximum atomic E-state index is 13.0. The summed E-state index contributed by atoms with van der Waals surface area (Å²) in [4.78, 5) is 22.2. The number of benzene rings is 1. The highest BCUT2D eigenvalue weighted by Crippen LogP contribution is 2.25. The summed E-state index contributed by atoms with van der Waals surface area (Å²) in [6.45, 7) is 3.09. The average Bonchev–Trinajstić information content (AvgIpc) is 3.47. The van der Waals surface area contributed by atoms with Gasteiger partial charge in [-0.25, -0.2) is 4.68 Å². The maximum Gasteiger partial charge on any atom is 0.280 e. The van der Waals surface area contributed by atoms with E-state index in [1.165, 1.54) is 0 Å². The van der Waals surface area contributed by atoms with Crippen molar-refractivity contribution in [3.63, 3.8) is 0 Å². The zero-order valence-electron chi connectivity index (χ0n) is 15.4. The Hall–Kier alpha value is -3.49. The van der Waals surface area contributed by atoms with Gasteiger partial charge >= 0.3 is 0 Å². The van der Waals surface area contributed by atoms with Crippen LogP contribution in [0.15, 0.2) is 41.2 Å². The number of hydrogen-bond donors (Lipinski definition) is 1. The molecule has 0 radical (unpaired) electrons. The van der Waals surface area contributed by atoms with Crippen LogP contribution in [0.25, 0.3) is 22.5 Å². The third kappa shape index (κ3) is 2.94. The third-order valence-corrected chi connectivity index (χ3v) is 5.12. The van der Waals surface area contributed by atoms with E-state index in [1.54, 1.807) is 17.8 Å². The molecule has 1 N–H and O–H groups in total. The van der Waals surface area contributed by atoms with Crippen LogP contribution >= 0.6 is 0 Å². The minimum atomic E-state index is 0.0423. The lowest BCUT2D eigenvalue weighted by Crippen LogP contribution is -2.40. The summed E-state index contributed by atoms with van der Waals surface area (Å²) in [6, 6.07) is 7.79. The van der Waals surface area contributed by atoms with E-state index in [4.69, 9.17) is 4.52 Å². The van der Waals surface area contributed by atoms with Gasteiger partial charge < -0.3 is 14.4 Å². The lowest BCUT2D eigenvalue weighted by atomic mass is 10.0. The molecule has 4 aromatic rings. The Morgan fingerprint density at radius 3 is 3.11 bits per heavy atom. The number of H-pyrrole nitrogens is 1. The summed E-state index contributed by atoms with van der Waals surface area (Å²) in [5.74, 6) is 0.950. The number of aryl methyl sites for hydroxylation is 1. The van der Waals surface area contributed by atoms with Gasteiger partial charge in [0, 0.05) is 35.8 Å². The van der Waals surface area contributed by atoms with Crippen molar-refractivity contribution in [3.05, 3.63) is 48.0 Å². The van der Waals surface area contributed by atoms with Crippen molar-refractivity contribution in [2.24, 2.45) is 0 Å². The molecule has 1 fully saturated rings. The Bertz CT molecular complexity index is 1140. The molecule has 1 saturated heterocycles. The Kier molecular flexibility index (Phi) is 3.92. The molecule has 1 atom stereocenters. The van der Waals surface area contributed by atoms with E-state index in [0.717, 1.165) is 30.3 Å². The first-order chi connectivity index (χ1) is 13.7. The second-order valence-electron chi connectivity index (χ2n) is 7.06. The van der Waals surface area contributed by atoms with E-state index in [9.17, 15) is 4.79 Å². The van der Waals surface area contributed by atoms with Gasteiger partial charge in [-0.1, -0.05) is 10.4 Å². The number of aromatic amines is 1. The van der Waals surface area contributed by atoms with Crippen LogP contribution in [0.1, 0.15) is 35.1 Å². The van der Waals surface area contributed by atoms with E-state index in [2.05, 4.69) is 25.4 Å². The minimum absolute atomic E-state index is 0.0423. The van der Waals surface area contributed by atoms with Crippen molar-refractivity contribution < 1.29 is 9.32 Å². The molecule has 142 valence electrons. The van der Waals surface area contributed by atoms with E-state index in [1.807, 2.05) is 35.4 Å². The van der Waals surface area contributed by atoms with E-state index < -0.39 is 0 Å². The zero-order valence-corrected chi connectivity index (χ0v) is 15.4. The van der Waals surface area contributed by atoms with Gasteiger partial charge in [0.05, 0.1) is 12.2 Å². The van der Waals surface area contributed by atoms with Gasteiger partial charge in [0.25, 0.3) is 11.8 Å². The first-order valence-corrected chi connectivity index (χ1v) is 9.26. The summed E-state index contributed by atoms with van der Waals surface area (Å²) in [7, 11) is 0. The Balaban J connectivity index is 1.34. The Morgan fingerprint density at radius 1 is 1.32 bits per heavy atom. The lowest BCUT2D eigenvalue weighted by Gasteiger charge is -2.32. The SMILES string of the molecule is Cc1noc(-c2cn(C3CCCN(C(=O)c4ccc5[nH]ccc5c4)C3)nn2)n1. The number of fused-ring (bicyclic) bond motifs is 1. The van der Waals surface area contributed by atoms with Gasteiger partial charge in [0.1, 0.15) is 0 Å². The van der Waals surface area contributed by atoms with Crippen molar-refractivity contribution >= 4 is 16.8 Å². The number of aromatic nitrogens is 6. The van der Waals surface area contributed by atoms with Crippen LogP contribution in [0.2, 0.25) is 0 Å². The van der Waals surface area contributed by atoms with Crippen LogP contribution < -0.4 is 0 Å². The molecule has 4 heterocycles. The van der Waals surface area contributed by atoms with Crippen LogP contribution in [-0.4, -0.2) is 54.0 Å². The van der Waals surface area contributed by atoms with Gasteiger partial charge in [-0.2, -0.15) is 4.98 Å². The molecule has 1 aromatic carbocycles. The highest BCUT2D eigenvalue weighted by molar-refractivity contribution is 5.98. The summed E-state index contributed by atoms with van der Waals surface area (Å²) in [6.07, 6.45) is 5.53. The molecule has 0 aliphatic carbocycles. The fourth-order valence-corrected chi connectivity index (χ4v) is 3.68. The van der Waals surface area contributed by atoms with Crippen molar-refractivity contribution in [2.45, 2.75) is 25.8 Å². The van der Waals surface area contributed by atoms with Gasteiger partial charge in [-0.05, 0) is 44.0 Å². The summed E-state index contributed by atoms with van der Waals surface area (Å²) < 4.78 is 6.95. The number of amides is 1. The highest BCUT2D eigenvalue weighted by Gasteiger charge is 2.27. The molecular formula is C19H19N7O2. The van der Waals surface area contributed by atoms with Gasteiger partial charge in [-0.15, -0.1) is 5.10 Å². The number of carbonyl (C=O) groups excluding carboxylic acids is 1. The molecule has 1 unspecified atom stereocenters. The molecule has 9 heteroatoms. The second-order valence-corrected chi connectivity index (χ2v) is 7.06. The third-order valence-electron chi connectivity index (χ3n) is 5.12. The molecule has 5 rings (SSSR count). The van der Waals surface area contributed by atoms with Crippen LogP contribution in [0, 0.1) is 6.92 Å². The molecule has 0 bridgehead atoms. The number of nitrogens with one attached hydrogen (secondary N) is 1. The topological polar surface area (TPSA) is 106 Å². The fourth-order valence-electron chi connectivity index (χ4n) is 3.68. The normalized spacial score (nSPS) is 17.3. The smallest absolute Gasteiger partial charge is 0.280 e. The van der Waals surface area contributed by atoms with Gasteiger partial charge in [0.15, 0.2) is 11.5 Å². The van der Waals surface area contributed by atoms with Gasteiger partial charge in [-0.3, -0.25) is 4.79 Å². The van der Waals surface area contributed by atoms with Crippen molar-refractivity contribution in [1.82, 2.24) is 35.0 Å². The van der Waals surface area contributed by atoms with E-state index in [-0.39, 0.29) is 11.9 Å². The van der Waals surface area contributed by atoms with Crippen molar-refractivity contribution in [1.29, 1.82) is 0 Å². The van der Waals surface area contributed by atoms with Crippen LogP contribution in [-0.2, 0) is 0 Å². The predicted octanol–water partition coefficient (Wildman–Crippen LogP) is 2.60. The minimum Gasteiger partial charge on any atom is -0.361 e. The van der Waals surface area contributed by atoms with Crippen LogP contribution in [0.4, 0.5) is 0 Å². The summed E-state index contributed by atoms with van der Waals surface area (Å²) in [5.41, 5.74) is 2.27. The molecule has 0 spiro atoms. The number of hydrogen-bond acceptors (Lipinski definition) is 6. The Morgan fingerprint density at radius 2 is 2.25 bits per heavy atom. The zero-order chi connectivity index (χ0) is 19.1. The number of carbonyl (C=O) groups is 1. The predicted molar refractivity (Wildman–Crippen MR) is 101 cm³/mol. The first kappa shape index (κ1) is 16.7. The monoisotopic (exact) mass is 377 g/mol. The fraction of sp³-hybridized carbons (Fsp3) is 0.316. The molecule has 1 aliphatic rings. The number of likely N-dealkylation sites (tertiary alicyclic amines) is 1. The molecule has 3 aromatic heterocycles. The largest absolute Gasteiger partial charge is 0.361 e. The van der Waals surface area contributed by atoms with Crippen LogP contribution in [0.5, 0.6) is 0 Å². The molecular weight excluding hydrogens is 358 g/mol. The highest BCUT2D eigenvalue weighted by atomic mass is 16.5. The van der Waals surface area contributed by atoms with Crippen LogP contribution in [0.3, 0.4) is 0 Å². The van der Waals surface area contributed by atoms with E-state index in [0.29, 0.717) is 29.5 Å². The summed E-state index contributed by atoms with van der Waals surface area (Å²) >= 11 is 0. The Labute approximate surface area is 160 Å². The molecule has 9 nitrogen and oxygen atoms in total. The molecule has 28 heavy (non-hydrogen) atoms. The number of nitrogens with zero attached hydrogens (tertiary/aromatic N) is 6. The van der Waals surface area contributed by atoms with Gasteiger partial charge in [0.2, 0.25) is 0 Å². The quantitative estimate of drug-likeness (QED) is 0.588. The summed E-state index contributed by atoms with van der Waals surface area (Å²) in [5, 5.41) is 13.2. The standard InChI is InChI=1S/C19H19N7O2/c1-12-21-18(28-23-12)17-11-26(24-22-17)15-3-2-8-25(10-15)19(27)14-4-5-16-13(9-14)6-7-20-16/h4-7,9,11,15,20H,2-3,8,10H2,1H3. The molecule has 1 aliphatic heterocycles. The molecule has 1 amide bonds.